The van der Waals surface area contributed by atoms with Crippen LogP contribution in [0.2, 0.25) is 0 Å². The average molecular weight is 228 g/mol. The Morgan fingerprint density at radius 2 is 2.00 bits per heavy atom. The van der Waals surface area contributed by atoms with E-state index >= 15 is 0 Å². The van der Waals surface area contributed by atoms with Crippen LogP contribution in [0.1, 0.15) is 37.3 Å². The van der Waals surface area contributed by atoms with Crippen molar-refractivity contribution in [1.82, 2.24) is 0 Å². The zero-order valence-electron chi connectivity index (χ0n) is 9.19. The molecule has 1 rings (SSSR count). The molecular formula is C11H16O3S. The highest BCUT2D eigenvalue weighted by Crippen LogP contribution is 2.25. The molecule has 0 aliphatic heterocycles. The van der Waals surface area contributed by atoms with E-state index in [-0.39, 0.29) is 4.90 Å². The molecule has 0 radical (unpaired) electrons. The SMILES string of the molecule is CCC(C)c1cc(S(=O)(=O)O)ccc1C. The molecule has 1 unspecified atom stereocenters. The Hall–Kier alpha value is -0.870. The first-order valence-electron chi connectivity index (χ1n) is 4.94. The molecule has 0 aromatic heterocycles. The molecule has 0 saturated carbocycles. The van der Waals surface area contributed by atoms with Gasteiger partial charge in [-0.2, -0.15) is 8.42 Å². The van der Waals surface area contributed by atoms with E-state index in [0.29, 0.717) is 5.92 Å². The lowest BCUT2D eigenvalue weighted by atomic mass is 9.95. The van der Waals surface area contributed by atoms with Crippen LogP contribution in [-0.2, 0) is 10.1 Å². The molecule has 0 saturated heterocycles. The molecule has 4 heteroatoms. The number of aryl methyl sites for hydroxylation is 1. The van der Waals surface area contributed by atoms with Crippen molar-refractivity contribution in [2.75, 3.05) is 0 Å². The van der Waals surface area contributed by atoms with Gasteiger partial charge in [0.2, 0.25) is 0 Å². The summed E-state index contributed by atoms with van der Waals surface area (Å²) in [7, 11) is -4.08. The molecule has 0 aliphatic rings. The van der Waals surface area contributed by atoms with Crippen molar-refractivity contribution in [2.45, 2.75) is 38.0 Å². The van der Waals surface area contributed by atoms with Gasteiger partial charge in [0.1, 0.15) is 0 Å². The molecule has 1 aromatic carbocycles. The third kappa shape index (κ3) is 2.79. The van der Waals surface area contributed by atoms with Gasteiger partial charge in [0.15, 0.2) is 0 Å². The molecule has 15 heavy (non-hydrogen) atoms. The molecule has 1 N–H and O–H groups in total. The Labute approximate surface area is 90.9 Å². The molecule has 3 nitrogen and oxygen atoms in total. The van der Waals surface area contributed by atoms with E-state index in [1.807, 2.05) is 20.8 Å². The van der Waals surface area contributed by atoms with E-state index in [1.165, 1.54) is 6.07 Å². The number of hydrogen-bond donors (Lipinski definition) is 1. The van der Waals surface area contributed by atoms with Crippen molar-refractivity contribution in [3.05, 3.63) is 29.3 Å². The molecule has 1 aromatic rings. The summed E-state index contributed by atoms with van der Waals surface area (Å²) in [6, 6.07) is 4.71. The van der Waals surface area contributed by atoms with E-state index in [2.05, 4.69) is 0 Å². The maximum absolute atomic E-state index is 11.0. The predicted octanol–water partition coefficient (Wildman–Crippen LogP) is 2.76. The van der Waals surface area contributed by atoms with Gasteiger partial charge in [-0.1, -0.05) is 19.9 Å². The van der Waals surface area contributed by atoms with Crippen LogP contribution in [0.5, 0.6) is 0 Å². The third-order valence-corrected chi connectivity index (χ3v) is 3.54. The van der Waals surface area contributed by atoms with E-state index in [0.717, 1.165) is 17.5 Å². The maximum Gasteiger partial charge on any atom is 0.294 e. The van der Waals surface area contributed by atoms with Crippen LogP contribution in [0.4, 0.5) is 0 Å². The fourth-order valence-corrected chi connectivity index (χ4v) is 2.05. The van der Waals surface area contributed by atoms with E-state index in [4.69, 9.17) is 4.55 Å². The Balaban J connectivity index is 3.29. The largest absolute Gasteiger partial charge is 0.294 e. The van der Waals surface area contributed by atoms with Crippen molar-refractivity contribution in [3.63, 3.8) is 0 Å². The first-order valence-corrected chi connectivity index (χ1v) is 6.38. The second-order valence-electron chi connectivity index (χ2n) is 3.80. The smallest absolute Gasteiger partial charge is 0.282 e. The highest BCUT2D eigenvalue weighted by Gasteiger charge is 2.13. The fourth-order valence-electron chi connectivity index (χ4n) is 1.53. The van der Waals surface area contributed by atoms with Gasteiger partial charge >= 0.3 is 0 Å². The summed E-state index contributed by atoms with van der Waals surface area (Å²) in [4.78, 5) is -0.0246. The Morgan fingerprint density at radius 1 is 1.40 bits per heavy atom. The van der Waals surface area contributed by atoms with Gasteiger partial charge in [0.25, 0.3) is 10.1 Å². The molecule has 0 bridgehead atoms. The second kappa shape index (κ2) is 4.33. The van der Waals surface area contributed by atoms with Crippen molar-refractivity contribution in [1.29, 1.82) is 0 Å². The first kappa shape index (κ1) is 12.2. The van der Waals surface area contributed by atoms with Gasteiger partial charge < -0.3 is 0 Å². The minimum atomic E-state index is -4.08. The molecule has 0 heterocycles. The first-order chi connectivity index (χ1) is 6.86. The topological polar surface area (TPSA) is 54.4 Å². The molecule has 0 amide bonds. The highest BCUT2D eigenvalue weighted by molar-refractivity contribution is 7.85. The maximum atomic E-state index is 11.0. The number of benzene rings is 1. The zero-order valence-corrected chi connectivity index (χ0v) is 10.0. The lowest BCUT2D eigenvalue weighted by Crippen LogP contribution is -2.02. The Bertz CT molecular complexity index is 449. The number of hydrogen-bond acceptors (Lipinski definition) is 2. The van der Waals surface area contributed by atoms with Gasteiger partial charge in [0.05, 0.1) is 4.90 Å². The molecule has 84 valence electrons. The van der Waals surface area contributed by atoms with E-state index < -0.39 is 10.1 Å². The minimum absolute atomic E-state index is 0.0246. The van der Waals surface area contributed by atoms with Crippen molar-refractivity contribution >= 4 is 10.1 Å². The molecule has 0 fully saturated rings. The van der Waals surface area contributed by atoms with Crippen molar-refractivity contribution in [2.24, 2.45) is 0 Å². The summed E-state index contributed by atoms with van der Waals surface area (Å²) in [6.45, 7) is 6.02. The third-order valence-electron chi connectivity index (χ3n) is 2.69. The zero-order chi connectivity index (χ0) is 11.6. The van der Waals surface area contributed by atoms with Gasteiger partial charge in [-0.05, 0) is 42.5 Å². The van der Waals surface area contributed by atoms with Gasteiger partial charge in [-0.3, -0.25) is 4.55 Å². The molecular weight excluding hydrogens is 212 g/mol. The fraction of sp³-hybridized carbons (Fsp3) is 0.455. The monoisotopic (exact) mass is 228 g/mol. The summed E-state index contributed by atoms with van der Waals surface area (Å²) in [5.41, 5.74) is 2.03. The minimum Gasteiger partial charge on any atom is -0.282 e. The van der Waals surface area contributed by atoms with E-state index in [9.17, 15) is 8.42 Å². The van der Waals surface area contributed by atoms with Crippen LogP contribution in [-0.4, -0.2) is 13.0 Å². The van der Waals surface area contributed by atoms with Crippen molar-refractivity contribution in [3.8, 4) is 0 Å². The van der Waals surface area contributed by atoms with Crippen LogP contribution in [0, 0.1) is 6.92 Å². The standard InChI is InChI=1S/C11H16O3S/c1-4-8(2)11-7-10(15(12,13)14)6-5-9(11)3/h5-8H,4H2,1-3H3,(H,12,13,14). The molecule has 1 atom stereocenters. The van der Waals surface area contributed by atoms with Crippen LogP contribution < -0.4 is 0 Å². The normalized spacial score (nSPS) is 13.9. The summed E-state index contributed by atoms with van der Waals surface area (Å²) >= 11 is 0. The Morgan fingerprint density at radius 3 is 2.47 bits per heavy atom. The van der Waals surface area contributed by atoms with Crippen LogP contribution in [0.25, 0.3) is 0 Å². The van der Waals surface area contributed by atoms with Crippen LogP contribution in [0.3, 0.4) is 0 Å². The summed E-state index contributed by atoms with van der Waals surface area (Å²) in [6.07, 6.45) is 0.940. The quantitative estimate of drug-likeness (QED) is 0.809. The van der Waals surface area contributed by atoms with E-state index in [1.54, 1.807) is 12.1 Å². The average Bonchev–Trinajstić information content (AvgIpc) is 2.15. The summed E-state index contributed by atoms with van der Waals surface area (Å²) in [5, 5.41) is 0. The van der Waals surface area contributed by atoms with Gasteiger partial charge in [-0.25, -0.2) is 0 Å². The van der Waals surface area contributed by atoms with Gasteiger partial charge in [-0.15, -0.1) is 0 Å². The van der Waals surface area contributed by atoms with Crippen molar-refractivity contribution < 1.29 is 13.0 Å². The lowest BCUT2D eigenvalue weighted by Gasteiger charge is -2.13. The second-order valence-corrected chi connectivity index (χ2v) is 5.22. The highest BCUT2D eigenvalue weighted by atomic mass is 32.2. The Kier molecular flexibility index (Phi) is 3.52. The van der Waals surface area contributed by atoms with Crippen LogP contribution in [0.15, 0.2) is 23.1 Å². The predicted molar refractivity (Wildman–Crippen MR) is 59.7 cm³/mol. The summed E-state index contributed by atoms with van der Waals surface area (Å²) < 4.78 is 30.9. The summed E-state index contributed by atoms with van der Waals surface area (Å²) in [5.74, 6) is 0.298. The molecule has 0 aliphatic carbocycles. The van der Waals surface area contributed by atoms with Gasteiger partial charge in [0, 0.05) is 0 Å². The molecule has 0 spiro atoms. The van der Waals surface area contributed by atoms with Crippen LogP contribution >= 0.6 is 0 Å². The number of rotatable bonds is 3. The lowest BCUT2D eigenvalue weighted by molar-refractivity contribution is 0.483.